The molecule has 1 aliphatic carbocycles. The van der Waals surface area contributed by atoms with E-state index in [4.69, 9.17) is 26.1 Å². The zero-order valence-electron chi connectivity index (χ0n) is 19.7. The summed E-state index contributed by atoms with van der Waals surface area (Å²) in [6.45, 7) is 6.23. The van der Waals surface area contributed by atoms with Crippen molar-refractivity contribution in [2.45, 2.75) is 64.9 Å². The molecule has 0 aliphatic heterocycles. The van der Waals surface area contributed by atoms with Crippen LogP contribution in [0.4, 0.5) is 0 Å². The van der Waals surface area contributed by atoms with Crippen LogP contribution in [0.15, 0.2) is 44.7 Å². The Labute approximate surface area is 213 Å². The number of rotatable bonds is 7. The number of benzene rings is 2. The molecule has 0 atom stereocenters. The van der Waals surface area contributed by atoms with Crippen LogP contribution in [0.2, 0.25) is 5.02 Å². The summed E-state index contributed by atoms with van der Waals surface area (Å²) in [6, 6.07) is 9.25. The molecule has 0 bridgehead atoms. The first kappa shape index (κ1) is 24.7. The molecule has 1 aliphatic rings. The van der Waals surface area contributed by atoms with Crippen molar-refractivity contribution in [2.24, 2.45) is 5.10 Å². The van der Waals surface area contributed by atoms with Crippen LogP contribution in [0.3, 0.4) is 0 Å². The van der Waals surface area contributed by atoms with E-state index in [0.29, 0.717) is 49.9 Å². The molecule has 34 heavy (non-hydrogen) atoms. The predicted octanol–water partition coefficient (Wildman–Crippen LogP) is 6.93. The lowest BCUT2D eigenvalue weighted by Crippen LogP contribution is -2.25. The summed E-state index contributed by atoms with van der Waals surface area (Å²) in [6.07, 6.45) is 7.05. The van der Waals surface area contributed by atoms with Gasteiger partial charge in [-0.15, -0.1) is 0 Å². The first-order valence-corrected chi connectivity index (χ1v) is 12.9. The van der Waals surface area contributed by atoms with Gasteiger partial charge in [0.2, 0.25) is 0 Å². The Kier molecular flexibility index (Phi) is 7.94. The molecule has 8 heteroatoms. The van der Waals surface area contributed by atoms with Gasteiger partial charge >= 0.3 is 0 Å². The Morgan fingerprint density at radius 1 is 1.26 bits per heavy atom. The van der Waals surface area contributed by atoms with Gasteiger partial charge in [-0.25, -0.2) is 4.98 Å². The summed E-state index contributed by atoms with van der Waals surface area (Å²) in [5.74, 6) is 1.93. The number of hydrogen-bond acceptors (Lipinski definition) is 5. The first-order chi connectivity index (χ1) is 16.4. The number of aromatic nitrogens is 2. The Bertz CT molecular complexity index is 1270. The number of hydrogen-bond donors (Lipinski definition) is 0. The molecule has 3 aromatic rings. The zero-order valence-corrected chi connectivity index (χ0v) is 22.0. The minimum atomic E-state index is -0.172. The minimum Gasteiger partial charge on any atom is -0.490 e. The molecule has 1 saturated carbocycles. The number of halogens is 2. The van der Waals surface area contributed by atoms with Crippen molar-refractivity contribution in [3.63, 3.8) is 0 Å². The molecule has 0 amide bonds. The zero-order chi connectivity index (χ0) is 24.2. The van der Waals surface area contributed by atoms with E-state index in [1.807, 2.05) is 45.0 Å². The van der Waals surface area contributed by atoms with Crippen molar-refractivity contribution in [2.75, 3.05) is 6.61 Å². The van der Waals surface area contributed by atoms with Gasteiger partial charge in [-0.3, -0.25) is 4.79 Å². The third-order valence-electron chi connectivity index (χ3n) is 5.87. The standard InChI is InChI=1S/C26H29BrClN3O3/c1-4-33-21-14-18(22(27)23(28)24(21)34-16(2)3)15-29-31-25(17-10-6-5-7-11-17)30-20-13-9-8-12-19(20)26(31)32/h8-9,12-17H,4-7,10-11H2,1-3H3. The van der Waals surface area contributed by atoms with E-state index in [1.165, 1.54) is 11.1 Å². The van der Waals surface area contributed by atoms with E-state index in [9.17, 15) is 4.79 Å². The lowest BCUT2D eigenvalue weighted by atomic mass is 9.88. The van der Waals surface area contributed by atoms with Gasteiger partial charge in [0.1, 0.15) is 10.8 Å². The highest BCUT2D eigenvalue weighted by molar-refractivity contribution is 9.10. The van der Waals surface area contributed by atoms with Crippen LogP contribution in [0, 0.1) is 0 Å². The second-order valence-corrected chi connectivity index (χ2v) is 9.88. The molecule has 180 valence electrons. The summed E-state index contributed by atoms with van der Waals surface area (Å²) in [5, 5.41) is 5.58. The molecule has 2 aromatic carbocycles. The number of nitrogens with zero attached hydrogens (tertiary/aromatic N) is 3. The van der Waals surface area contributed by atoms with Crippen molar-refractivity contribution in [3.8, 4) is 11.5 Å². The van der Waals surface area contributed by atoms with Crippen LogP contribution in [0.1, 0.15) is 70.2 Å². The van der Waals surface area contributed by atoms with E-state index in [-0.39, 0.29) is 17.6 Å². The van der Waals surface area contributed by atoms with Crippen LogP contribution in [-0.4, -0.2) is 28.6 Å². The van der Waals surface area contributed by atoms with Gasteiger partial charge in [0.25, 0.3) is 5.56 Å². The Morgan fingerprint density at radius 3 is 2.71 bits per heavy atom. The third-order valence-corrected chi connectivity index (χ3v) is 7.31. The van der Waals surface area contributed by atoms with Crippen molar-refractivity contribution in [3.05, 3.63) is 61.6 Å². The maximum Gasteiger partial charge on any atom is 0.282 e. The van der Waals surface area contributed by atoms with Gasteiger partial charge in [0.15, 0.2) is 11.5 Å². The topological polar surface area (TPSA) is 65.7 Å². The largest absolute Gasteiger partial charge is 0.490 e. The second kappa shape index (κ2) is 10.9. The number of para-hydroxylation sites is 1. The minimum absolute atomic E-state index is 0.0663. The highest BCUT2D eigenvalue weighted by Gasteiger charge is 2.23. The molecule has 6 nitrogen and oxygen atoms in total. The number of fused-ring (bicyclic) bond motifs is 1. The maximum absolute atomic E-state index is 13.4. The SMILES string of the molecule is CCOc1cc(C=Nn2c(C3CCCCC3)nc3ccccc3c2=O)c(Br)c(Cl)c1OC(C)C. The van der Waals surface area contributed by atoms with Crippen LogP contribution < -0.4 is 15.0 Å². The fourth-order valence-corrected chi connectivity index (χ4v) is 4.95. The lowest BCUT2D eigenvalue weighted by molar-refractivity contribution is 0.224. The van der Waals surface area contributed by atoms with Crippen molar-refractivity contribution < 1.29 is 9.47 Å². The summed E-state index contributed by atoms with van der Waals surface area (Å²) >= 11 is 10.2. The second-order valence-electron chi connectivity index (χ2n) is 8.70. The van der Waals surface area contributed by atoms with Crippen molar-refractivity contribution in [1.82, 2.24) is 9.66 Å². The highest BCUT2D eigenvalue weighted by Crippen LogP contribution is 2.43. The molecule has 4 rings (SSSR count). The van der Waals surface area contributed by atoms with E-state index < -0.39 is 0 Å². The van der Waals surface area contributed by atoms with Gasteiger partial charge in [-0.1, -0.05) is 43.0 Å². The maximum atomic E-state index is 13.4. The van der Waals surface area contributed by atoms with E-state index >= 15 is 0 Å². The molecule has 1 heterocycles. The summed E-state index contributed by atoms with van der Waals surface area (Å²) in [5.41, 5.74) is 1.21. The Balaban J connectivity index is 1.83. The Hall–Kier alpha value is -2.38. The average Bonchev–Trinajstić information content (AvgIpc) is 2.84. The molecule has 0 radical (unpaired) electrons. The summed E-state index contributed by atoms with van der Waals surface area (Å²) < 4.78 is 13.8. The molecule has 0 unspecified atom stereocenters. The normalized spacial score (nSPS) is 14.9. The predicted molar refractivity (Wildman–Crippen MR) is 141 cm³/mol. The van der Waals surface area contributed by atoms with Gasteiger partial charge in [0.05, 0.1) is 29.8 Å². The molecule has 1 fully saturated rings. The van der Waals surface area contributed by atoms with Crippen LogP contribution >= 0.6 is 27.5 Å². The average molecular weight is 547 g/mol. The van der Waals surface area contributed by atoms with E-state index in [2.05, 4.69) is 21.0 Å². The molecular weight excluding hydrogens is 518 g/mol. The van der Waals surface area contributed by atoms with E-state index in [0.717, 1.165) is 25.7 Å². The van der Waals surface area contributed by atoms with Crippen molar-refractivity contribution in [1.29, 1.82) is 0 Å². The van der Waals surface area contributed by atoms with Crippen molar-refractivity contribution >= 4 is 44.6 Å². The molecule has 0 spiro atoms. The Morgan fingerprint density at radius 2 is 2.00 bits per heavy atom. The summed E-state index contributed by atoms with van der Waals surface area (Å²) in [4.78, 5) is 18.3. The third kappa shape index (κ3) is 5.15. The smallest absolute Gasteiger partial charge is 0.282 e. The highest BCUT2D eigenvalue weighted by atomic mass is 79.9. The fourth-order valence-electron chi connectivity index (χ4n) is 4.30. The quantitative estimate of drug-likeness (QED) is 0.301. The monoisotopic (exact) mass is 545 g/mol. The van der Waals surface area contributed by atoms with E-state index in [1.54, 1.807) is 12.3 Å². The van der Waals surface area contributed by atoms with Gasteiger partial charge in [-0.05, 0) is 67.7 Å². The van der Waals surface area contributed by atoms with Gasteiger partial charge in [-0.2, -0.15) is 9.78 Å². The number of ether oxygens (including phenoxy) is 2. The first-order valence-electron chi connectivity index (χ1n) is 11.8. The lowest BCUT2D eigenvalue weighted by Gasteiger charge is -2.22. The van der Waals surface area contributed by atoms with Gasteiger partial charge < -0.3 is 9.47 Å². The van der Waals surface area contributed by atoms with Crippen LogP contribution in [0.5, 0.6) is 11.5 Å². The summed E-state index contributed by atoms with van der Waals surface area (Å²) in [7, 11) is 0. The molecule has 0 saturated heterocycles. The van der Waals surface area contributed by atoms with Crippen LogP contribution in [-0.2, 0) is 0 Å². The molecule has 0 N–H and O–H groups in total. The molecular formula is C26H29BrClN3O3. The van der Waals surface area contributed by atoms with Gasteiger partial charge in [0, 0.05) is 16.0 Å². The fraction of sp³-hybridized carbons (Fsp3) is 0.423. The van der Waals surface area contributed by atoms with Crippen LogP contribution in [0.25, 0.3) is 10.9 Å². The molecule has 1 aromatic heterocycles.